The first kappa shape index (κ1) is 46.2. The molecule has 1 aromatic heterocycles. The van der Waals surface area contributed by atoms with Crippen LogP contribution in [0.2, 0.25) is 0 Å². The minimum atomic E-state index is -1.76. The van der Waals surface area contributed by atoms with Crippen LogP contribution in [0.5, 0.6) is 17.2 Å². The van der Waals surface area contributed by atoms with Crippen LogP contribution < -0.4 is 30.8 Å². The highest BCUT2D eigenvalue weighted by atomic mass is 31.2. The van der Waals surface area contributed by atoms with Crippen molar-refractivity contribution in [2.24, 2.45) is 0 Å². The Labute approximate surface area is 364 Å². The Morgan fingerprint density at radius 3 is 1.89 bits per heavy atom. The van der Waals surface area contributed by atoms with Crippen LogP contribution in [0.3, 0.4) is 0 Å². The number of aromatic nitrogens is 2. The average molecular weight is 869 g/mol. The molecule has 14 nitrogen and oxygen atoms in total. The van der Waals surface area contributed by atoms with E-state index in [1.165, 1.54) is 10.8 Å². The van der Waals surface area contributed by atoms with Crippen molar-refractivity contribution in [1.82, 2.24) is 19.5 Å². The lowest BCUT2D eigenvalue weighted by Gasteiger charge is -2.39. The summed E-state index contributed by atoms with van der Waals surface area (Å²) in [5, 5.41) is 2.94. The van der Waals surface area contributed by atoms with Crippen LogP contribution in [-0.4, -0.2) is 85.5 Å². The minimum Gasteiger partial charge on any atom is -0.497 e. The zero-order chi connectivity index (χ0) is 44.4. The number of carbonyl (C=O) groups excluding carboxylic acids is 1. The summed E-state index contributed by atoms with van der Waals surface area (Å²) >= 11 is 0. The van der Waals surface area contributed by atoms with Gasteiger partial charge in [-0.05, 0) is 99.8 Å². The highest BCUT2D eigenvalue weighted by molar-refractivity contribution is 7.44. The third-order valence-corrected chi connectivity index (χ3v) is 12.8. The summed E-state index contributed by atoms with van der Waals surface area (Å²) in [6.45, 7) is 10.3. The van der Waals surface area contributed by atoms with E-state index in [4.69, 9.17) is 32.7 Å². The summed E-state index contributed by atoms with van der Waals surface area (Å²) in [6, 6.07) is 32.4. The van der Waals surface area contributed by atoms with Crippen LogP contribution in [0, 0.1) is 6.92 Å². The van der Waals surface area contributed by atoms with Gasteiger partial charge in [0.15, 0.2) is 0 Å². The molecule has 0 radical (unpaired) electrons. The largest absolute Gasteiger partial charge is 0.497 e. The maximum absolute atomic E-state index is 13.3. The van der Waals surface area contributed by atoms with Gasteiger partial charge in [-0.1, -0.05) is 54.6 Å². The molecule has 2 heterocycles. The van der Waals surface area contributed by atoms with Crippen LogP contribution in [0.25, 0.3) is 0 Å². The monoisotopic (exact) mass is 868 g/mol. The van der Waals surface area contributed by atoms with E-state index in [0.717, 1.165) is 16.7 Å². The number of nitrogens with zero attached hydrogens (tertiary/aromatic N) is 2. The van der Waals surface area contributed by atoms with E-state index in [9.17, 15) is 14.4 Å². The van der Waals surface area contributed by atoms with Gasteiger partial charge in [0.05, 0.1) is 40.6 Å². The fourth-order valence-electron chi connectivity index (χ4n) is 7.59. The fraction of sp³-hybridized carbons (Fsp3) is 0.383. The molecule has 4 atom stereocenters. The molecule has 1 aliphatic heterocycles. The molecule has 15 heteroatoms. The molecule has 0 aliphatic carbocycles. The van der Waals surface area contributed by atoms with E-state index >= 15 is 0 Å². The van der Waals surface area contributed by atoms with E-state index in [0.29, 0.717) is 28.4 Å². The third kappa shape index (κ3) is 10.6. The molecule has 1 fully saturated rings. The lowest BCUT2D eigenvalue weighted by Crippen LogP contribution is -2.40. The van der Waals surface area contributed by atoms with E-state index in [2.05, 4.69) is 42.7 Å². The normalized spacial score (nSPS) is 17.0. The number of aryl methyl sites for hydroxylation is 1. The summed E-state index contributed by atoms with van der Waals surface area (Å²) < 4.78 is 47.5. The number of rotatable bonds is 20. The van der Waals surface area contributed by atoms with Gasteiger partial charge in [-0.2, -0.15) is 0 Å². The lowest BCUT2D eigenvalue weighted by atomic mass is 9.80. The molecule has 1 unspecified atom stereocenters. The maximum Gasteiger partial charge on any atom is 0.330 e. The van der Waals surface area contributed by atoms with Gasteiger partial charge in [0.1, 0.15) is 35.2 Å². The predicted octanol–water partition coefficient (Wildman–Crippen LogP) is 7.34. The summed E-state index contributed by atoms with van der Waals surface area (Å²) in [7, 11) is 3.06. The zero-order valence-corrected chi connectivity index (χ0v) is 37.4. The second-order valence-electron chi connectivity index (χ2n) is 15.4. The van der Waals surface area contributed by atoms with Crippen molar-refractivity contribution in [2.45, 2.75) is 77.2 Å². The number of methoxy groups -OCH3 is 3. The average Bonchev–Trinajstić information content (AvgIpc) is 3.68. The van der Waals surface area contributed by atoms with Gasteiger partial charge < -0.3 is 38.0 Å². The molecule has 4 aromatic carbocycles. The fourth-order valence-corrected chi connectivity index (χ4v) is 9.35. The number of hydrogen-bond donors (Lipinski definition) is 2. The van der Waals surface area contributed by atoms with E-state index < -0.39 is 43.8 Å². The molecule has 0 bridgehead atoms. The Bertz CT molecular complexity index is 2260. The Balaban J connectivity index is 1.35. The Morgan fingerprint density at radius 1 is 0.823 bits per heavy atom. The minimum absolute atomic E-state index is 0.00958. The van der Waals surface area contributed by atoms with Crippen molar-refractivity contribution >= 4 is 14.4 Å². The molecule has 0 saturated carbocycles. The van der Waals surface area contributed by atoms with E-state index in [1.807, 2.05) is 78.9 Å². The number of H-pyrrole nitrogens is 1. The van der Waals surface area contributed by atoms with Crippen LogP contribution in [0.4, 0.5) is 0 Å². The smallest absolute Gasteiger partial charge is 0.330 e. The van der Waals surface area contributed by atoms with Crippen LogP contribution >= 0.6 is 8.53 Å². The second-order valence-corrected chi connectivity index (χ2v) is 16.8. The number of ether oxygens (including phenoxy) is 5. The van der Waals surface area contributed by atoms with Crippen molar-refractivity contribution in [3.8, 4) is 17.2 Å². The number of benzene rings is 4. The van der Waals surface area contributed by atoms with Crippen molar-refractivity contribution in [3.05, 3.63) is 158 Å². The van der Waals surface area contributed by atoms with Gasteiger partial charge in [-0.15, -0.1) is 0 Å². The first-order valence-electron chi connectivity index (χ1n) is 20.6. The molecular weight excluding hydrogens is 812 g/mol. The van der Waals surface area contributed by atoms with Crippen molar-refractivity contribution < 1.29 is 37.5 Å². The number of nitrogens with one attached hydrogen (secondary N) is 2. The molecule has 330 valence electrons. The summed E-state index contributed by atoms with van der Waals surface area (Å²) in [5.41, 5.74) is 1.16. The van der Waals surface area contributed by atoms with Gasteiger partial charge in [-0.3, -0.25) is 19.1 Å². The standard InChI is InChI=1S/C47H57N4O10P/c1-31(2)51(32(3)4)62(59-27-26-48-45(53)34-14-20-38(55-6)21-15-34)61-41-28-43(50-29-33(5)44(52)49-46(50)54)60-42(41)30-58-47(35-12-10-9-11-13-35,36-16-22-39(56-7)23-17-36)37-18-24-40(57-8)25-19-37/h9-25,29,31-32,41-43H,26-28,30H2,1-8H3,(H,48,53)(H,49,52,54)/t41-,42+,43+,62?/m0/s1. The number of amides is 1. The molecule has 1 amide bonds. The Morgan fingerprint density at radius 2 is 1.35 bits per heavy atom. The topological polar surface area (TPSA) is 152 Å². The summed E-state index contributed by atoms with van der Waals surface area (Å²) in [4.78, 5) is 41.1. The second kappa shape index (κ2) is 21.2. The molecule has 0 spiro atoms. The van der Waals surface area contributed by atoms with Crippen LogP contribution in [0.1, 0.15) is 73.0 Å². The molecule has 62 heavy (non-hydrogen) atoms. The first-order valence-corrected chi connectivity index (χ1v) is 21.8. The van der Waals surface area contributed by atoms with Gasteiger partial charge >= 0.3 is 5.69 Å². The highest BCUT2D eigenvalue weighted by Crippen LogP contribution is 2.50. The Kier molecular flexibility index (Phi) is 15.8. The summed E-state index contributed by atoms with van der Waals surface area (Å²) in [5.74, 6) is 1.80. The van der Waals surface area contributed by atoms with Gasteiger partial charge in [-0.25, -0.2) is 9.46 Å². The molecule has 1 aliphatic rings. The van der Waals surface area contributed by atoms with Gasteiger partial charge in [0.2, 0.25) is 0 Å². The third-order valence-electron chi connectivity index (χ3n) is 10.7. The highest BCUT2D eigenvalue weighted by Gasteiger charge is 2.45. The molecule has 6 rings (SSSR count). The van der Waals surface area contributed by atoms with E-state index in [1.54, 1.807) is 52.5 Å². The Hall–Kier alpha value is -5.34. The quantitative estimate of drug-likeness (QED) is 0.0459. The van der Waals surface area contributed by atoms with Crippen molar-refractivity contribution in [2.75, 3.05) is 41.1 Å². The number of aromatic amines is 1. The van der Waals surface area contributed by atoms with Crippen LogP contribution in [0.15, 0.2) is 119 Å². The van der Waals surface area contributed by atoms with Crippen LogP contribution in [-0.2, 0) is 24.1 Å². The first-order chi connectivity index (χ1) is 29.9. The SMILES string of the molecule is COc1ccc(C(=O)NCCOP(O[C@H]2C[C@H](n3cc(C)c(=O)[nH]c3=O)O[C@@H]2COC(c2ccccc2)(c2ccc(OC)cc2)c2ccc(OC)cc2)N(C(C)C)C(C)C)cc1. The summed E-state index contributed by atoms with van der Waals surface area (Å²) in [6.07, 6.45) is -0.447. The number of carbonyl (C=O) groups is 1. The van der Waals surface area contributed by atoms with Gasteiger partial charge in [0, 0.05) is 42.4 Å². The number of hydrogen-bond acceptors (Lipinski definition) is 11. The lowest BCUT2D eigenvalue weighted by molar-refractivity contribution is -0.0926. The predicted molar refractivity (Wildman–Crippen MR) is 238 cm³/mol. The van der Waals surface area contributed by atoms with Gasteiger partial charge in [0.25, 0.3) is 20.0 Å². The zero-order valence-electron chi connectivity index (χ0n) is 36.5. The van der Waals surface area contributed by atoms with E-state index in [-0.39, 0.29) is 44.2 Å². The molecule has 1 saturated heterocycles. The molecule has 2 N–H and O–H groups in total. The van der Waals surface area contributed by atoms with Crippen molar-refractivity contribution in [3.63, 3.8) is 0 Å². The maximum atomic E-state index is 13.3. The molecular formula is C47H57N4O10P. The van der Waals surface area contributed by atoms with Crippen molar-refractivity contribution in [1.29, 1.82) is 0 Å². The molecule has 5 aromatic rings.